The van der Waals surface area contributed by atoms with Crippen LogP contribution in [0.2, 0.25) is 0 Å². The van der Waals surface area contributed by atoms with E-state index in [4.69, 9.17) is 18.1 Å². The highest BCUT2D eigenvalue weighted by atomic mass is 31.2. The normalized spacial score (nSPS) is 14.7. The number of hydrogen-bond donors (Lipinski definition) is 0. The predicted molar refractivity (Wildman–Crippen MR) is 416 cm³/mol. The quantitative estimate of drug-likeness (QED) is 0.0437. The molecule has 0 aliphatic rings. The molecule has 0 saturated heterocycles. The van der Waals surface area contributed by atoms with E-state index in [2.05, 4.69) is 96.9 Å². The number of unbranched alkanes of at least 4 members (excludes halogenated alkanes) is 31. The molecule has 558 valence electrons. The van der Waals surface area contributed by atoms with Crippen LogP contribution in [-0.2, 0) is 27.2 Å². The average molecular weight is 1380 g/mol. The van der Waals surface area contributed by atoms with Gasteiger partial charge in [-0.15, -0.1) is 0 Å². The fraction of sp³-hybridized carbons (Fsp3) is 1.00. The van der Waals surface area contributed by atoms with Gasteiger partial charge in [-0.1, -0.05) is 290 Å². The van der Waals surface area contributed by atoms with Gasteiger partial charge in [-0.2, -0.15) is 0 Å². The van der Waals surface area contributed by atoms with Gasteiger partial charge in [0.05, 0.1) is 75.7 Å². The van der Waals surface area contributed by atoms with Crippen molar-refractivity contribution in [3.8, 4) is 0 Å². The van der Waals surface area contributed by atoms with E-state index in [0.717, 1.165) is 103 Å². The SMILES string of the molecule is CCCCC(CC)COP(=O)([O-])OCC(CC)CCCC.CCCCC(CC)COP(=O)([O-])OCC(CC)CCCC.CCCCCC[P+](CCCCCC)(CCCCCC)CCCCCCCCCCCC[P+](CCCCCC)(CCCCCC)CCCCCC. The van der Waals surface area contributed by atoms with Crippen molar-refractivity contribution in [2.45, 2.75) is 418 Å². The van der Waals surface area contributed by atoms with Crippen LogP contribution in [0.4, 0.5) is 0 Å². The molecule has 0 radical (unpaired) electrons. The van der Waals surface area contributed by atoms with Crippen LogP contribution in [0, 0.1) is 23.7 Å². The van der Waals surface area contributed by atoms with Gasteiger partial charge in [-0.3, -0.25) is 9.13 Å². The van der Waals surface area contributed by atoms with Crippen LogP contribution in [0.3, 0.4) is 0 Å². The third-order valence-corrected chi connectivity index (χ3v) is 32.5. The van der Waals surface area contributed by atoms with Gasteiger partial charge in [-0.25, -0.2) is 0 Å². The Kier molecular flexibility index (Phi) is 76.0. The average Bonchev–Trinajstić information content (AvgIpc) is 1.90. The summed E-state index contributed by atoms with van der Waals surface area (Å²) >= 11 is 0. The van der Waals surface area contributed by atoms with Gasteiger partial charge in [0.25, 0.3) is 15.6 Å². The smallest absolute Gasteiger partial charge is 0.267 e. The number of phosphoric acid groups is 2. The summed E-state index contributed by atoms with van der Waals surface area (Å²) in [6, 6.07) is 0. The highest BCUT2D eigenvalue weighted by Gasteiger charge is 2.36. The fourth-order valence-electron chi connectivity index (χ4n) is 13.3. The zero-order chi connectivity index (χ0) is 69.0. The first kappa shape index (κ1) is 97.3. The van der Waals surface area contributed by atoms with Crippen molar-refractivity contribution in [3.05, 3.63) is 0 Å². The fourth-order valence-corrected chi connectivity index (χ4v) is 24.9. The molecule has 0 N–H and O–H groups in total. The van der Waals surface area contributed by atoms with Crippen molar-refractivity contribution in [1.29, 1.82) is 0 Å². The summed E-state index contributed by atoms with van der Waals surface area (Å²) in [5, 5.41) is 0. The molecule has 0 saturated carbocycles. The molecule has 0 fully saturated rings. The van der Waals surface area contributed by atoms with Gasteiger partial charge in [0.1, 0.15) is 0 Å². The van der Waals surface area contributed by atoms with Crippen LogP contribution >= 0.6 is 30.2 Å². The molecule has 0 aliphatic carbocycles. The lowest BCUT2D eigenvalue weighted by Gasteiger charge is -2.28. The Labute approximate surface area is 581 Å². The molecule has 4 atom stereocenters. The summed E-state index contributed by atoms with van der Waals surface area (Å²) < 4.78 is 43.8. The van der Waals surface area contributed by atoms with Crippen LogP contribution in [-0.4, -0.2) is 75.7 Å². The van der Waals surface area contributed by atoms with Crippen molar-refractivity contribution >= 4 is 30.2 Å². The van der Waals surface area contributed by atoms with Crippen molar-refractivity contribution in [1.82, 2.24) is 0 Å². The maximum Gasteiger partial charge on any atom is 0.267 e. The van der Waals surface area contributed by atoms with Crippen LogP contribution in [0.25, 0.3) is 0 Å². The first-order chi connectivity index (χ1) is 44.5. The second-order valence-corrected chi connectivity index (χ2v) is 40.9. The number of rotatable bonds is 71. The van der Waals surface area contributed by atoms with Gasteiger partial charge in [0.2, 0.25) is 0 Å². The van der Waals surface area contributed by atoms with Crippen molar-refractivity contribution in [2.75, 3.05) is 75.7 Å². The third kappa shape index (κ3) is 63.3. The summed E-state index contributed by atoms with van der Waals surface area (Å²) in [5.41, 5.74) is 0. The van der Waals surface area contributed by atoms with E-state index < -0.39 is 30.2 Å². The van der Waals surface area contributed by atoms with E-state index in [9.17, 15) is 18.9 Å². The Hall–Kier alpha value is 1.08. The topological polar surface area (TPSA) is 117 Å². The van der Waals surface area contributed by atoms with E-state index >= 15 is 0 Å². The first-order valence-corrected chi connectivity index (χ1v) is 49.4. The number of phosphoric ester groups is 2. The van der Waals surface area contributed by atoms with Crippen molar-refractivity contribution in [3.63, 3.8) is 0 Å². The molecule has 12 heteroatoms. The van der Waals surface area contributed by atoms with E-state index in [1.807, 2.05) is 0 Å². The Bertz CT molecular complexity index is 1320. The van der Waals surface area contributed by atoms with E-state index in [1.54, 1.807) is 101 Å². The molecule has 0 aliphatic heterocycles. The van der Waals surface area contributed by atoms with Crippen LogP contribution in [0.15, 0.2) is 0 Å². The maximum absolute atomic E-state index is 11.8. The monoisotopic (exact) mass is 1380 g/mol. The molecular formula is C80H170O8P4. The highest BCUT2D eigenvalue weighted by Crippen LogP contribution is 2.62. The lowest BCUT2D eigenvalue weighted by atomic mass is 10.0. The Morgan fingerprint density at radius 3 is 0.511 bits per heavy atom. The maximum atomic E-state index is 11.8. The largest absolute Gasteiger partial charge is 0.756 e. The molecule has 0 spiro atoms. The Balaban J connectivity index is -0.00000154. The molecule has 8 nitrogen and oxygen atoms in total. The van der Waals surface area contributed by atoms with Crippen LogP contribution in [0.1, 0.15) is 418 Å². The molecule has 92 heavy (non-hydrogen) atoms. The zero-order valence-corrected chi connectivity index (χ0v) is 68.8. The second kappa shape index (κ2) is 71.9. The van der Waals surface area contributed by atoms with Crippen LogP contribution in [0.5, 0.6) is 0 Å². The first-order valence-electron chi connectivity index (χ1n) is 41.4. The minimum Gasteiger partial charge on any atom is -0.756 e. The van der Waals surface area contributed by atoms with Gasteiger partial charge < -0.3 is 27.9 Å². The van der Waals surface area contributed by atoms with Gasteiger partial charge in [0, 0.05) is 14.5 Å². The van der Waals surface area contributed by atoms with E-state index in [0.29, 0.717) is 23.7 Å². The zero-order valence-electron chi connectivity index (χ0n) is 65.2. The van der Waals surface area contributed by atoms with E-state index in [1.165, 1.54) is 167 Å². The molecule has 0 bridgehead atoms. The van der Waals surface area contributed by atoms with Crippen LogP contribution < -0.4 is 9.79 Å². The molecule has 0 aromatic carbocycles. The van der Waals surface area contributed by atoms with Gasteiger partial charge in [-0.05, 0) is 152 Å². The Morgan fingerprint density at radius 2 is 0.370 bits per heavy atom. The summed E-state index contributed by atoms with van der Waals surface area (Å²) in [7, 11) is -9.75. The van der Waals surface area contributed by atoms with E-state index in [-0.39, 0.29) is 26.4 Å². The molecule has 4 unspecified atom stereocenters. The highest BCUT2D eigenvalue weighted by molar-refractivity contribution is 7.76. The van der Waals surface area contributed by atoms with Gasteiger partial charge >= 0.3 is 0 Å². The summed E-state index contributed by atoms with van der Waals surface area (Å²) in [4.78, 5) is 23.6. The minimum atomic E-state index is -4.14. The molecule has 0 amide bonds. The predicted octanol–water partition coefficient (Wildman–Crippen LogP) is 28.2. The summed E-state index contributed by atoms with van der Waals surface area (Å²) in [5.74, 6) is 1.21. The molecular weight excluding hydrogens is 1210 g/mol. The lowest BCUT2D eigenvalue weighted by Crippen LogP contribution is -2.17. The molecule has 0 aromatic rings. The second-order valence-electron chi connectivity index (χ2n) is 29.1. The molecule has 0 aromatic heterocycles. The van der Waals surface area contributed by atoms with Crippen molar-refractivity contribution in [2.24, 2.45) is 23.7 Å². The summed E-state index contributed by atoms with van der Waals surface area (Å²) in [6.07, 6.45) is 80.5. The third-order valence-electron chi connectivity index (χ3n) is 20.5. The van der Waals surface area contributed by atoms with Gasteiger partial charge in [0.15, 0.2) is 0 Å². The Morgan fingerprint density at radius 1 is 0.228 bits per heavy atom. The summed E-state index contributed by atoms with van der Waals surface area (Å²) in [6.45, 7) is 32.1. The standard InChI is InChI=1S/C48H102P2.2C16H35O4P/c1-7-13-19-33-41-49(42-34-20-14-8-2,43-35-21-15-9-3)47-39-31-29-27-25-26-28-30-32-40-48-50(44-36-22-16-10-4,45-37-23-17-11-5)46-38-24-18-12-6;2*1-5-9-11-15(7-3)13-19-21(17,18)20-14-16(8-4)12-10-6-2/h7-48H2,1-6H3;2*15-16H,5-14H2,1-4H3,(H,17,18)/q+2;;/p-2. The van der Waals surface area contributed by atoms with Crippen molar-refractivity contribution < 1.29 is 37.0 Å². The molecule has 0 heterocycles. The minimum absolute atomic E-state index is 0.253. The number of hydrogen-bond acceptors (Lipinski definition) is 8. The molecule has 0 rings (SSSR count). The lowest BCUT2D eigenvalue weighted by molar-refractivity contribution is -0.228.